The van der Waals surface area contributed by atoms with E-state index in [0.29, 0.717) is 5.02 Å². The molecule has 1 heterocycles. The van der Waals surface area contributed by atoms with Crippen LogP contribution in [0.15, 0.2) is 63.8 Å². The second-order valence-electron chi connectivity index (χ2n) is 5.80. The largest absolute Gasteiger partial charge is 0.323 e. The Balaban J connectivity index is 1.64. The first-order valence-electron chi connectivity index (χ1n) is 8.06. The van der Waals surface area contributed by atoms with Gasteiger partial charge in [0.1, 0.15) is 0 Å². The maximum absolute atomic E-state index is 5.92. The lowest BCUT2D eigenvalue weighted by Gasteiger charge is -2.13. The highest BCUT2D eigenvalue weighted by Gasteiger charge is 2.13. The van der Waals surface area contributed by atoms with Gasteiger partial charge >= 0.3 is 0 Å². The number of nitrogens with zero attached hydrogens (tertiary/aromatic N) is 3. The van der Waals surface area contributed by atoms with Crippen molar-refractivity contribution in [2.75, 3.05) is 0 Å². The third kappa shape index (κ3) is 4.68. The van der Waals surface area contributed by atoms with Gasteiger partial charge in [0.25, 0.3) is 0 Å². The minimum atomic E-state index is 0.695. The average molecular weight is 373 g/mol. The van der Waals surface area contributed by atoms with E-state index in [-0.39, 0.29) is 0 Å². The van der Waals surface area contributed by atoms with Crippen LogP contribution in [0, 0.1) is 0 Å². The van der Waals surface area contributed by atoms with Gasteiger partial charge in [0.05, 0.1) is 11.4 Å². The van der Waals surface area contributed by atoms with Gasteiger partial charge in [-0.15, -0.1) is 0 Å². The molecule has 0 saturated carbocycles. The van der Waals surface area contributed by atoms with Gasteiger partial charge in [-0.3, -0.25) is 0 Å². The van der Waals surface area contributed by atoms with E-state index in [4.69, 9.17) is 29.0 Å². The van der Waals surface area contributed by atoms with Crippen molar-refractivity contribution in [2.24, 2.45) is 21.1 Å². The molecule has 0 fully saturated rings. The Bertz CT molecular complexity index is 822. The molecule has 0 atom stereocenters. The number of rotatable bonds is 5. The van der Waals surface area contributed by atoms with Crippen molar-refractivity contribution >= 4 is 40.3 Å². The van der Waals surface area contributed by atoms with Crippen molar-refractivity contribution in [2.45, 2.75) is 25.7 Å². The van der Waals surface area contributed by atoms with Gasteiger partial charge in [-0.25, -0.2) is 0 Å². The zero-order valence-corrected chi connectivity index (χ0v) is 15.1. The first-order chi connectivity index (χ1) is 12.2. The van der Waals surface area contributed by atoms with Gasteiger partial charge in [-0.1, -0.05) is 47.5 Å². The number of benzene rings is 2. The second-order valence-corrected chi connectivity index (χ2v) is 6.68. The molecule has 1 aliphatic heterocycles. The summed E-state index contributed by atoms with van der Waals surface area (Å²) < 4.78 is 0. The molecular weight excluding hydrogens is 355 g/mol. The molecule has 0 amide bonds. The van der Waals surface area contributed by atoms with Gasteiger partial charge in [0.2, 0.25) is 0 Å². The van der Waals surface area contributed by atoms with Crippen LogP contribution in [0.5, 0.6) is 0 Å². The van der Waals surface area contributed by atoms with Crippen LogP contribution in [0.4, 0.5) is 0 Å². The van der Waals surface area contributed by atoms with Crippen LogP contribution in [0.2, 0.25) is 10.0 Å². The molecule has 2 N–H and O–H groups in total. The van der Waals surface area contributed by atoms with Crippen LogP contribution in [0.3, 0.4) is 0 Å². The van der Waals surface area contributed by atoms with E-state index in [1.54, 1.807) is 0 Å². The zero-order chi connectivity index (χ0) is 17.6. The summed E-state index contributed by atoms with van der Waals surface area (Å²) in [5.74, 6) is 5.55. The third-order valence-electron chi connectivity index (χ3n) is 4.12. The Kier molecular flexibility index (Phi) is 5.84. The van der Waals surface area contributed by atoms with Crippen molar-refractivity contribution in [1.29, 1.82) is 0 Å². The Morgan fingerprint density at radius 2 is 1.56 bits per heavy atom. The summed E-state index contributed by atoms with van der Waals surface area (Å²) >= 11 is 11.8. The molecule has 128 valence electrons. The van der Waals surface area contributed by atoms with E-state index in [0.717, 1.165) is 59.0 Å². The summed E-state index contributed by atoms with van der Waals surface area (Å²) in [5.41, 5.74) is 4.94. The molecule has 6 heteroatoms. The number of hydrogen-bond acceptors (Lipinski definition) is 4. The monoisotopic (exact) mass is 372 g/mol. The van der Waals surface area contributed by atoms with Gasteiger partial charge in [-0.2, -0.15) is 15.3 Å². The first-order valence-corrected chi connectivity index (χ1v) is 8.82. The molecule has 0 spiro atoms. The smallest absolute Gasteiger partial charge is 0.0706 e. The predicted molar refractivity (Wildman–Crippen MR) is 106 cm³/mol. The van der Waals surface area contributed by atoms with Gasteiger partial charge < -0.3 is 5.84 Å². The van der Waals surface area contributed by atoms with Crippen molar-refractivity contribution in [3.8, 4) is 0 Å². The molecule has 2 aromatic carbocycles. The molecule has 0 unspecified atom stereocenters. The Morgan fingerprint density at radius 3 is 2.12 bits per heavy atom. The molecule has 2 aromatic rings. The van der Waals surface area contributed by atoms with Crippen LogP contribution >= 0.6 is 23.2 Å². The fourth-order valence-electron chi connectivity index (χ4n) is 2.70. The Labute approximate surface area is 157 Å². The molecular formula is C19H18Cl2N4. The average Bonchev–Trinajstić information content (AvgIpc) is 2.65. The van der Waals surface area contributed by atoms with E-state index >= 15 is 0 Å². The summed E-state index contributed by atoms with van der Waals surface area (Å²) in [6.07, 6.45) is 3.27. The van der Waals surface area contributed by atoms with E-state index in [1.165, 1.54) is 0 Å². The van der Waals surface area contributed by atoms with Crippen LogP contribution in [0.1, 0.15) is 36.8 Å². The minimum absolute atomic E-state index is 0.695. The van der Waals surface area contributed by atoms with E-state index in [2.05, 4.69) is 15.3 Å². The van der Waals surface area contributed by atoms with Gasteiger partial charge in [0.15, 0.2) is 0 Å². The van der Waals surface area contributed by atoms with Crippen molar-refractivity contribution in [3.63, 3.8) is 0 Å². The fourth-order valence-corrected chi connectivity index (χ4v) is 2.95. The molecule has 1 aliphatic rings. The van der Waals surface area contributed by atoms with Gasteiger partial charge in [-0.05, 0) is 61.1 Å². The third-order valence-corrected chi connectivity index (χ3v) is 4.63. The molecule has 25 heavy (non-hydrogen) atoms. The lowest BCUT2D eigenvalue weighted by Crippen LogP contribution is -2.13. The maximum atomic E-state index is 5.92. The maximum Gasteiger partial charge on any atom is 0.0706 e. The minimum Gasteiger partial charge on any atom is -0.323 e. The summed E-state index contributed by atoms with van der Waals surface area (Å²) in [4.78, 5) is 0. The normalized spacial score (nSPS) is 14.9. The summed E-state index contributed by atoms with van der Waals surface area (Å²) in [6.45, 7) is 0. The Morgan fingerprint density at radius 1 is 0.920 bits per heavy atom. The zero-order valence-electron chi connectivity index (χ0n) is 13.6. The molecule has 0 aliphatic carbocycles. The second kappa shape index (κ2) is 8.28. The van der Waals surface area contributed by atoms with Crippen LogP contribution in [-0.2, 0) is 0 Å². The van der Waals surface area contributed by atoms with E-state index in [9.17, 15) is 0 Å². The molecule has 0 aromatic heterocycles. The van der Waals surface area contributed by atoms with Crippen molar-refractivity contribution in [1.82, 2.24) is 0 Å². The summed E-state index contributed by atoms with van der Waals surface area (Å²) in [6, 6.07) is 15.2. The lowest BCUT2D eigenvalue weighted by atomic mass is 9.98. The molecule has 0 saturated heterocycles. The fraction of sp³-hybridized carbons (Fsp3) is 0.211. The quantitative estimate of drug-likeness (QED) is 0.444. The number of hydrogen-bond donors (Lipinski definition) is 1. The lowest BCUT2D eigenvalue weighted by molar-refractivity contribution is 0.969. The summed E-state index contributed by atoms with van der Waals surface area (Å²) in [7, 11) is 0. The highest BCUT2D eigenvalue weighted by atomic mass is 35.5. The molecule has 3 rings (SSSR count). The Hall–Kier alpha value is -2.17. The van der Waals surface area contributed by atoms with E-state index < -0.39 is 0 Å². The number of halogens is 2. The van der Waals surface area contributed by atoms with Crippen LogP contribution in [0.25, 0.3) is 0 Å². The molecule has 0 radical (unpaired) electrons. The van der Waals surface area contributed by atoms with E-state index in [1.807, 2.05) is 48.5 Å². The van der Waals surface area contributed by atoms with Crippen molar-refractivity contribution < 1.29 is 0 Å². The topological polar surface area (TPSA) is 63.1 Å². The van der Waals surface area contributed by atoms with Crippen LogP contribution in [-0.4, -0.2) is 17.1 Å². The summed E-state index contributed by atoms with van der Waals surface area (Å²) in [5, 5.41) is 14.1. The highest BCUT2D eigenvalue weighted by Crippen LogP contribution is 2.18. The predicted octanol–water partition coefficient (Wildman–Crippen LogP) is 5.08. The van der Waals surface area contributed by atoms with Crippen LogP contribution < -0.4 is 5.84 Å². The first kappa shape index (κ1) is 17.6. The van der Waals surface area contributed by atoms with Crippen molar-refractivity contribution in [3.05, 3.63) is 69.7 Å². The number of nitrogens with two attached hydrogens (primary N) is 1. The SMILES string of the molecule is N/N=C(\CCC1=NN=C(c2ccc(Cl)cc2)CC1)c1ccc(Cl)cc1. The van der Waals surface area contributed by atoms with Gasteiger partial charge in [0, 0.05) is 15.8 Å². The standard InChI is InChI=1S/C19H18Cl2N4/c20-15-5-1-13(2-6-15)18(23-22)11-9-17-10-12-19(25-24-17)14-3-7-16(21)8-4-14/h1-8H,9-12,22H2/b23-18+. The molecule has 4 nitrogen and oxygen atoms in total. The molecule has 0 bridgehead atoms. The number of hydrazone groups is 1. The highest BCUT2D eigenvalue weighted by molar-refractivity contribution is 6.31.